The molecule has 2 rings (SSSR count). The maximum atomic E-state index is 11.5. The minimum atomic E-state index is -0.181. The summed E-state index contributed by atoms with van der Waals surface area (Å²) in [7, 11) is 0. The van der Waals surface area contributed by atoms with Gasteiger partial charge in [-0.25, -0.2) is 4.57 Å². The number of hydrogen-bond donors (Lipinski definition) is 0. The molecule has 1 aromatic heterocycles. The van der Waals surface area contributed by atoms with Crippen molar-refractivity contribution >= 4 is 5.97 Å². The number of nitrogens with zero attached hydrogens (tertiary/aromatic N) is 1. The summed E-state index contributed by atoms with van der Waals surface area (Å²) in [6.45, 7) is 3.05. The van der Waals surface area contributed by atoms with Gasteiger partial charge in [0, 0.05) is 17.2 Å². The SMILES string of the molecule is CCOC(=O)Cc1ccc[n+](Cc2ccccc2)c1.[Cl-]. The number of aromatic nitrogens is 1. The zero-order valence-corrected chi connectivity index (χ0v) is 12.2. The van der Waals surface area contributed by atoms with Crippen LogP contribution in [0.4, 0.5) is 0 Å². The Labute approximate surface area is 125 Å². The van der Waals surface area contributed by atoms with Crippen molar-refractivity contribution in [3.8, 4) is 0 Å². The third kappa shape index (κ3) is 5.02. The molecule has 0 saturated heterocycles. The summed E-state index contributed by atoms with van der Waals surface area (Å²) in [4.78, 5) is 11.5. The van der Waals surface area contributed by atoms with Gasteiger partial charge >= 0.3 is 5.97 Å². The molecule has 0 bridgehead atoms. The van der Waals surface area contributed by atoms with Gasteiger partial charge in [-0.05, 0) is 13.0 Å². The Morgan fingerprint density at radius 1 is 1.10 bits per heavy atom. The summed E-state index contributed by atoms with van der Waals surface area (Å²) in [5, 5.41) is 0. The van der Waals surface area contributed by atoms with Crippen LogP contribution in [-0.2, 0) is 22.5 Å². The predicted molar refractivity (Wildman–Crippen MR) is 72.5 cm³/mol. The Bertz CT molecular complexity index is 543. The highest BCUT2D eigenvalue weighted by Gasteiger charge is 2.08. The Balaban J connectivity index is 0.00000200. The van der Waals surface area contributed by atoms with Gasteiger partial charge in [-0.3, -0.25) is 4.79 Å². The molecule has 0 fully saturated rings. The second kappa shape index (κ2) is 8.33. The fourth-order valence-corrected chi connectivity index (χ4v) is 1.95. The van der Waals surface area contributed by atoms with E-state index in [-0.39, 0.29) is 18.4 Å². The molecule has 106 valence electrons. The van der Waals surface area contributed by atoms with Gasteiger partial charge in [0.15, 0.2) is 18.9 Å². The number of hydrogen-bond acceptors (Lipinski definition) is 2. The Morgan fingerprint density at radius 3 is 2.50 bits per heavy atom. The number of halogens is 1. The molecule has 0 amide bonds. The van der Waals surface area contributed by atoms with Crippen LogP contribution in [0.1, 0.15) is 18.1 Å². The smallest absolute Gasteiger partial charge is 0.310 e. The molecule has 0 radical (unpaired) electrons. The third-order valence-corrected chi connectivity index (χ3v) is 2.78. The fourth-order valence-electron chi connectivity index (χ4n) is 1.95. The van der Waals surface area contributed by atoms with Crippen molar-refractivity contribution in [1.82, 2.24) is 0 Å². The molecule has 0 spiro atoms. The van der Waals surface area contributed by atoms with E-state index in [0.29, 0.717) is 13.0 Å². The first-order valence-electron chi connectivity index (χ1n) is 6.45. The van der Waals surface area contributed by atoms with E-state index in [2.05, 4.69) is 16.7 Å². The van der Waals surface area contributed by atoms with Crippen molar-refractivity contribution in [3.05, 3.63) is 66.0 Å². The lowest BCUT2D eigenvalue weighted by atomic mass is 10.2. The van der Waals surface area contributed by atoms with E-state index in [1.807, 2.05) is 49.6 Å². The molecule has 0 N–H and O–H groups in total. The van der Waals surface area contributed by atoms with Crippen molar-refractivity contribution in [1.29, 1.82) is 0 Å². The van der Waals surface area contributed by atoms with Crippen LogP contribution in [0.5, 0.6) is 0 Å². The topological polar surface area (TPSA) is 30.2 Å². The molecule has 0 aliphatic carbocycles. The summed E-state index contributed by atoms with van der Waals surface area (Å²) < 4.78 is 7.03. The fraction of sp³-hybridized carbons (Fsp3) is 0.250. The number of ether oxygens (including phenoxy) is 1. The highest BCUT2D eigenvalue weighted by atomic mass is 35.5. The number of pyridine rings is 1. The van der Waals surface area contributed by atoms with Crippen LogP contribution < -0.4 is 17.0 Å². The summed E-state index contributed by atoms with van der Waals surface area (Å²) in [5.74, 6) is -0.181. The van der Waals surface area contributed by atoms with E-state index < -0.39 is 0 Å². The normalized spacial score (nSPS) is 9.65. The molecular weight excluding hydrogens is 274 g/mol. The molecule has 1 aromatic carbocycles. The second-order valence-corrected chi connectivity index (χ2v) is 4.35. The lowest BCUT2D eigenvalue weighted by Crippen LogP contribution is -3.00. The largest absolute Gasteiger partial charge is 1.00 e. The van der Waals surface area contributed by atoms with Crippen LogP contribution in [0.15, 0.2) is 54.9 Å². The Kier molecular flexibility index (Phi) is 6.74. The highest BCUT2D eigenvalue weighted by molar-refractivity contribution is 5.72. The van der Waals surface area contributed by atoms with Crippen LogP contribution in [0.25, 0.3) is 0 Å². The summed E-state index contributed by atoms with van der Waals surface area (Å²) >= 11 is 0. The first-order valence-corrected chi connectivity index (χ1v) is 6.45. The molecule has 20 heavy (non-hydrogen) atoms. The van der Waals surface area contributed by atoms with E-state index in [4.69, 9.17) is 4.74 Å². The molecule has 1 heterocycles. The van der Waals surface area contributed by atoms with Gasteiger partial charge in [-0.1, -0.05) is 30.3 Å². The Hall–Kier alpha value is -1.87. The van der Waals surface area contributed by atoms with Gasteiger partial charge in [-0.2, -0.15) is 0 Å². The number of carbonyl (C=O) groups is 1. The van der Waals surface area contributed by atoms with Gasteiger partial charge in [0.25, 0.3) is 0 Å². The highest BCUT2D eigenvalue weighted by Crippen LogP contribution is 2.01. The van der Waals surface area contributed by atoms with Gasteiger partial charge in [0.2, 0.25) is 0 Å². The average molecular weight is 292 g/mol. The van der Waals surface area contributed by atoms with E-state index in [0.717, 1.165) is 12.1 Å². The minimum Gasteiger partial charge on any atom is -1.00 e. The molecule has 3 nitrogen and oxygen atoms in total. The molecule has 0 atom stereocenters. The lowest BCUT2D eigenvalue weighted by Gasteiger charge is -2.02. The van der Waals surface area contributed by atoms with Gasteiger partial charge in [0.05, 0.1) is 13.0 Å². The zero-order chi connectivity index (χ0) is 13.5. The van der Waals surface area contributed by atoms with Gasteiger partial charge < -0.3 is 17.1 Å². The molecular formula is C16H18ClNO2. The van der Waals surface area contributed by atoms with E-state index in [9.17, 15) is 4.79 Å². The zero-order valence-electron chi connectivity index (χ0n) is 11.5. The standard InChI is InChI=1S/C16H18NO2.ClH/c1-2-19-16(18)11-15-9-6-10-17(13-15)12-14-7-4-3-5-8-14;/h3-10,13H,2,11-12H2,1H3;1H/q+1;/p-1. The van der Waals surface area contributed by atoms with Crippen molar-refractivity contribution in [3.63, 3.8) is 0 Å². The van der Waals surface area contributed by atoms with Crippen molar-refractivity contribution in [2.45, 2.75) is 19.9 Å². The van der Waals surface area contributed by atoms with Gasteiger partial charge in [0.1, 0.15) is 0 Å². The van der Waals surface area contributed by atoms with Crippen LogP contribution in [-0.4, -0.2) is 12.6 Å². The molecule has 0 unspecified atom stereocenters. The monoisotopic (exact) mass is 291 g/mol. The molecule has 0 aliphatic heterocycles. The summed E-state index contributed by atoms with van der Waals surface area (Å²) in [6, 6.07) is 14.1. The minimum absolute atomic E-state index is 0. The molecule has 4 heteroatoms. The van der Waals surface area contributed by atoms with Crippen molar-refractivity contribution in [2.75, 3.05) is 6.61 Å². The van der Waals surface area contributed by atoms with Crippen molar-refractivity contribution in [2.24, 2.45) is 0 Å². The average Bonchev–Trinajstić information content (AvgIpc) is 2.40. The predicted octanol–water partition coefficient (Wildman–Crippen LogP) is -0.868. The van der Waals surface area contributed by atoms with Crippen molar-refractivity contribution < 1.29 is 26.5 Å². The van der Waals surface area contributed by atoms with Crippen LogP contribution in [0.3, 0.4) is 0 Å². The number of carbonyl (C=O) groups excluding carboxylic acids is 1. The van der Waals surface area contributed by atoms with Crippen LogP contribution in [0.2, 0.25) is 0 Å². The first-order chi connectivity index (χ1) is 9.28. The Morgan fingerprint density at radius 2 is 1.80 bits per heavy atom. The van der Waals surface area contributed by atoms with Gasteiger partial charge in [-0.15, -0.1) is 0 Å². The molecule has 2 aromatic rings. The van der Waals surface area contributed by atoms with E-state index in [1.165, 1.54) is 5.56 Å². The summed E-state index contributed by atoms with van der Waals surface area (Å²) in [5.41, 5.74) is 2.21. The quantitative estimate of drug-likeness (QED) is 0.530. The summed E-state index contributed by atoms with van der Waals surface area (Å²) in [6.07, 6.45) is 4.31. The molecule has 0 saturated carbocycles. The van der Waals surface area contributed by atoms with E-state index >= 15 is 0 Å². The first kappa shape index (κ1) is 16.2. The number of esters is 1. The molecule has 0 aliphatic rings. The number of benzene rings is 1. The maximum absolute atomic E-state index is 11.5. The maximum Gasteiger partial charge on any atom is 0.310 e. The van der Waals surface area contributed by atoms with Crippen LogP contribution in [0, 0.1) is 0 Å². The third-order valence-electron chi connectivity index (χ3n) is 2.78. The lowest BCUT2D eigenvalue weighted by molar-refractivity contribution is -0.688. The second-order valence-electron chi connectivity index (χ2n) is 4.35. The van der Waals surface area contributed by atoms with Crippen LogP contribution >= 0.6 is 0 Å². The number of rotatable bonds is 5. The van der Waals surface area contributed by atoms with E-state index in [1.54, 1.807) is 0 Å².